The van der Waals surface area contributed by atoms with Crippen molar-refractivity contribution in [3.8, 4) is 17.6 Å². The number of likely N-dealkylation sites (tertiary alicyclic amines) is 1. The van der Waals surface area contributed by atoms with Gasteiger partial charge in [0.05, 0.1) is 34.1 Å². The van der Waals surface area contributed by atoms with Crippen LogP contribution < -0.4 is 20.1 Å². The number of hydrogen-bond donors (Lipinski definition) is 2. The van der Waals surface area contributed by atoms with Gasteiger partial charge < -0.3 is 20.1 Å². The van der Waals surface area contributed by atoms with Crippen molar-refractivity contribution in [2.45, 2.75) is 32.8 Å². The topological polar surface area (TPSA) is 99.5 Å². The van der Waals surface area contributed by atoms with Crippen LogP contribution in [0.5, 0.6) is 11.5 Å². The molecule has 1 aliphatic heterocycles. The number of pyridine rings is 1. The molecule has 1 aromatic heterocycles. The second-order valence-corrected chi connectivity index (χ2v) is 10.7. The molecular formula is C34H34ClN5O3. The highest BCUT2D eigenvalue weighted by Crippen LogP contribution is 2.37. The first-order valence-corrected chi connectivity index (χ1v) is 14.8. The lowest BCUT2D eigenvalue weighted by Gasteiger charge is -2.24. The van der Waals surface area contributed by atoms with Gasteiger partial charge >= 0.3 is 0 Å². The SMILES string of the molecule is CCOc1cc2ncc(C#N)c(Nc3ccc(OCc4ccccc4)c(Cl)c3)c2cc1NC(=O)/C=C/CN1CCCCC1. The molecule has 1 amide bonds. The lowest BCUT2D eigenvalue weighted by atomic mass is 10.1. The summed E-state index contributed by atoms with van der Waals surface area (Å²) in [5.41, 5.74) is 3.69. The van der Waals surface area contributed by atoms with E-state index in [1.807, 2.05) is 49.4 Å². The van der Waals surface area contributed by atoms with Gasteiger partial charge in [0.15, 0.2) is 0 Å². The zero-order valence-electron chi connectivity index (χ0n) is 24.1. The highest BCUT2D eigenvalue weighted by molar-refractivity contribution is 6.32. The van der Waals surface area contributed by atoms with E-state index in [1.165, 1.54) is 25.5 Å². The molecule has 0 spiro atoms. The quantitative estimate of drug-likeness (QED) is 0.174. The third-order valence-corrected chi connectivity index (χ3v) is 7.46. The number of nitrogens with zero attached hydrogens (tertiary/aromatic N) is 3. The molecule has 1 saturated heterocycles. The number of carbonyl (C=O) groups is 1. The van der Waals surface area contributed by atoms with Gasteiger partial charge in [-0.25, -0.2) is 0 Å². The Morgan fingerprint density at radius 2 is 1.88 bits per heavy atom. The van der Waals surface area contributed by atoms with Crippen molar-refractivity contribution in [1.29, 1.82) is 5.26 Å². The number of ether oxygens (including phenoxy) is 2. The van der Waals surface area contributed by atoms with Crippen LogP contribution in [0.1, 0.15) is 37.3 Å². The first kappa shape index (κ1) is 29.9. The standard InChI is InChI=1S/C34H34ClN5O3/c1-2-42-32-20-29-27(19-30(32)39-33(41)12-9-17-40-15-7-4-8-16-40)34(25(21-36)22-37-29)38-26-13-14-31(28(35)18-26)43-23-24-10-5-3-6-11-24/h3,5-6,9-14,18-20,22H,2,4,7-8,15-17,23H2,1H3,(H,37,38)(H,39,41)/b12-9+. The number of amides is 1. The molecule has 3 aromatic carbocycles. The van der Waals surface area contributed by atoms with E-state index < -0.39 is 0 Å². The summed E-state index contributed by atoms with van der Waals surface area (Å²) in [5, 5.41) is 17.3. The summed E-state index contributed by atoms with van der Waals surface area (Å²) < 4.78 is 11.8. The van der Waals surface area contributed by atoms with Gasteiger partial charge in [0.1, 0.15) is 24.2 Å². The number of benzene rings is 3. The molecule has 0 saturated carbocycles. The van der Waals surface area contributed by atoms with E-state index in [-0.39, 0.29) is 5.91 Å². The maximum Gasteiger partial charge on any atom is 0.248 e. The zero-order valence-corrected chi connectivity index (χ0v) is 24.9. The van der Waals surface area contributed by atoms with Crippen molar-refractivity contribution >= 4 is 45.5 Å². The van der Waals surface area contributed by atoms with E-state index >= 15 is 0 Å². The van der Waals surface area contributed by atoms with Crippen molar-refractivity contribution in [2.75, 3.05) is 36.9 Å². The molecule has 1 fully saturated rings. The normalized spacial score (nSPS) is 13.5. The van der Waals surface area contributed by atoms with Gasteiger partial charge in [0.2, 0.25) is 5.91 Å². The second kappa shape index (κ2) is 14.5. The maximum atomic E-state index is 12.9. The molecule has 0 atom stereocenters. The Balaban J connectivity index is 1.38. The summed E-state index contributed by atoms with van der Waals surface area (Å²) in [6.07, 6.45) is 8.62. The fourth-order valence-electron chi connectivity index (χ4n) is 5.01. The predicted octanol–water partition coefficient (Wildman–Crippen LogP) is 7.46. The van der Waals surface area contributed by atoms with E-state index in [0.717, 1.165) is 25.2 Å². The Morgan fingerprint density at radius 3 is 2.63 bits per heavy atom. The summed E-state index contributed by atoms with van der Waals surface area (Å²) in [4.78, 5) is 19.7. The molecule has 0 bridgehead atoms. The molecule has 43 heavy (non-hydrogen) atoms. The van der Waals surface area contributed by atoms with Crippen LogP contribution in [0, 0.1) is 11.3 Å². The third kappa shape index (κ3) is 7.83. The predicted molar refractivity (Wildman–Crippen MR) is 171 cm³/mol. The number of aromatic nitrogens is 1. The van der Waals surface area contributed by atoms with Crippen LogP contribution in [-0.4, -0.2) is 42.0 Å². The molecule has 5 rings (SSSR count). The van der Waals surface area contributed by atoms with Gasteiger partial charge in [0, 0.05) is 36.0 Å². The van der Waals surface area contributed by atoms with Gasteiger partial charge in [-0.15, -0.1) is 0 Å². The smallest absolute Gasteiger partial charge is 0.248 e. The summed E-state index contributed by atoms with van der Waals surface area (Å²) in [7, 11) is 0. The molecule has 2 heterocycles. The minimum absolute atomic E-state index is 0.255. The molecule has 0 radical (unpaired) electrons. The largest absolute Gasteiger partial charge is 0.492 e. The summed E-state index contributed by atoms with van der Waals surface area (Å²) >= 11 is 6.57. The second-order valence-electron chi connectivity index (χ2n) is 10.3. The van der Waals surface area contributed by atoms with Crippen LogP contribution in [-0.2, 0) is 11.4 Å². The van der Waals surface area contributed by atoms with Crippen LogP contribution in [0.15, 0.2) is 79.0 Å². The minimum Gasteiger partial charge on any atom is -0.492 e. The van der Waals surface area contributed by atoms with E-state index in [1.54, 1.807) is 30.3 Å². The number of hydrogen-bond acceptors (Lipinski definition) is 7. The van der Waals surface area contributed by atoms with Crippen LogP contribution in [0.25, 0.3) is 10.9 Å². The fraction of sp³-hybridized carbons (Fsp3) is 0.265. The molecule has 0 unspecified atom stereocenters. The number of anilines is 3. The van der Waals surface area contributed by atoms with E-state index in [2.05, 4.69) is 26.6 Å². The Morgan fingerprint density at radius 1 is 1.07 bits per heavy atom. The summed E-state index contributed by atoms with van der Waals surface area (Å²) in [5.74, 6) is 0.795. The van der Waals surface area contributed by atoms with Crippen LogP contribution in [0.2, 0.25) is 5.02 Å². The van der Waals surface area contributed by atoms with Crippen LogP contribution in [0.3, 0.4) is 0 Å². The molecule has 8 nitrogen and oxygen atoms in total. The monoisotopic (exact) mass is 595 g/mol. The average Bonchev–Trinajstić information content (AvgIpc) is 3.02. The highest BCUT2D eigenvalue weighted by atomic mass is 35.5. The number of nitrogens with one attached hydrogen (secondary N) is 2. The first-order chi connectivity index (χ1) is 21.0. The molecule has 220 valence electrons. The lowest BCUT2D eigenvalue weighted by molar-refractivity contribution is -0.111. The van der Waals surface area contributed by atoms with Gasteiger partial charge in [0.25, 0.3) is 0 Å². The van der Waals surface area contributed by atoms with Crippen molar-refractivity contribution < 1.29 is 14.3 Å². The van der Waals surface area contributed by atoms with Gasteiger partial charge in [-0.05, 0) is 62.7 Å². The lowest BCUT2D eigenvalue weighted by Crippen LogP contribution is -2.29. The number of rotatable bonds is 11. The Kier molecular flexibility index (Phi) is 10.1. The summed E-state index contributed by atoms with van der Waals surface area (Å²) in [6.45, 7) is 5.55. The number of piperidine rings is 1. The van der Waals surface area contributed by atoms with Crippen molar-refractivity contribution in [1.82, 2.24) is 9.88 Å². The Bertz CT molecular complexity index is 1650. The summed E-state index contributed by atoms with van der Waals surface area (Å²) in [6, 6.07) is 21.0. The Labute approximate surface area is 256 Å². The molecule has 1 aliphatic rings. The number of carbonyl (C=O) groups excluding carboxylic acids is 1. The van der Waals surface area contributed by atoms with Crippen molar-refractivity contribution in [2.24, 2.45) is 0 Å². The zero-order chi connectivity index (χ0) is 30.0. The van der Waals surface area contributed by atoms with Crippen molar-refractivity contribution in [3.63, 3.8) is 0 Å². The van der Waals surface area contributed by atoms with E-state index in [9.17, 15) is 10.1 Å². The Hall–Kier alpha value is -4.58. The maximum absolute atomic E-state index is 12.9. The van der Waals surface area contributed by atoms with Gasteiger partial charge in [-0.1, -0.05) is 54.4 Å². The first-order valence-electron chi connectivity index (χ1n) is 14.5. The van der Waals surface area contributed by atoms with E-state index in [4.69, 9.17) is 21.1 Å². The van der Waals surface area contributed by atoms with E-state index in [0.29, 0.717) is 63.3 Å². The van der Waals surface area contributed by atoms with Crippen LogP contribution >= 0.6 is 11.6 Å². The number of fused-ring (bicyclic) bond motifs is 1. The van der Waals surface area contributed by atoms with Gasteiger partial charge in [-0.3, -0.25) is 14.7 Å². The van der Waals surface area contributed by atoms with Crippen LogP contribution in [0.4, 0.5) is 17.1 Å². The molecular weight excluding hydrogens is 562 g/mol. The highest BCUT2D eigenvalue weighted by Gasteiger charge is 2.16. The molecule has 9 heteroatoms. The number of halogens is 1. The fourth-order valence-corrected chi connectivity index (χ4v) is 5.25. The number of nitriles is 1. The molecule has 4 aromatic rings. The molecule has 0 aliphatic carbocycles. The van der Waals surface area contributed by atoms with Gasteiger partial charge in [-0.2, -0.15) is 5.26 Å². The average molecular weight is 596 g/mol. The van der Waals surface area contributed by atoms with Crippen molar-refractivity contribution in [3.05, 3.63) is 95.2 Å². The third-order valence-electron chi connectivity index (χ3n) is 7.17. The molecule has 2 N–H and O–H groups in total. The minimum atomic E-state index is -0.255.